The molecule has 1 saturated carbocycles. The van der Waals surface area contributed by atoms with Crippen molar-refractivity contribution < 1.29 is 9.59 Å². The van der Waals surface area contributed by atoms with Gasteiger partial charge < -0.3 is 15.1 Å². The van der Waals surface area contributed by atoms with Gasteiger partial charge >= 0.3 is 0 Å². The number of nitrogens with one attached hydrogen (secondary N) is 1. The van der Waals surface area contributed by atoms with Crippen molar-refractivity contribution in [1.29, 1.82) is 0 Å². The highest BCUT2D eigenvalue weighted by Gasteiger charge is 2.30. The van der Waals surface area contributed by atoms with E-state index in [-0.39, 0.29) is 11.8 Å². The van der Waals surface area contributed by atoms with Crippen molar-refractivity contribution in [1.82, 2.24) is 20.0 Å². The summed E-state index contributed by atoms with van der Waals surface area (Å²) in [6.45, 7) is 10.8. The van der Waals surface area contributed by atoms with E-state index >= 15 is 0 Å². The summed E-state index contributed by atoms with van der Waals surface area (Å²) in [5, 5.41) is 3.03. The van der Waals surface area contributed by atoms with Gasteiger partial charge in [0.15, 0.2) is 0 Å². The van der Waals surface area contributed by atoms with Crippen LogP contribution < -0.4 is 10.2 Å². The van der Waals surface area contributed by atoms with Crippen molar-refractivity contribution in [2.24, 2.45) is 0 Å². The third-order valence-corrected chi connectivity index (χ3v) is 7.53. The van der Waals surface area contributed by atoms with Crippen LogP contribution in [0.5, 0.6) is 0 Å². The average Bonchev–Trinajstić information content (AvgIpc) is 2.81. The van der Waals surface area contributed by atoms with Gasteiger partial charge in [0.1, 0.15) is 0 Å². The van der Waals surface area contributed by atoms with E-state index in [0.717, 1.165) is 95.5 Å². The molecule has 7 nitrogen and oxygen atoms in total. The minimum absolute atomic E-state index is 0.00888. The summed E-state index contributed by atoms with van der Waals surface area (Å²) in [5.74, 6) is 0.285. The molecule has 0 bridgehead atoms. The lowest BCUT2D eigenvalue weighted by atomic mass is 9.91. The molecule has 1 aromatic rings. The van der Waals surface area contributed by atoms with E-state index in [1.54, 1.807) is 0 Å². The third kappa shape index (κ3) is 6.48. The van der Waals surface area contributed by atoms with E-state index in [9.17, 15) is 9.59 Å². The van der Waals surface area contributed by atoms with Crippen LogP contribution in [-0.4, -0.2) is 98.0 Å². The number of hydrogen-bond donors (Lipinski definition) is 1. The molecule has 1 aliphatic carbocycles. The number of hydrogen-bond acceptors (Lipinski definition) is 5. The maximum atomic E-state index is 12.8. The highest BCUT2D eigenvalue weighted by molar-refractivity contribution is 5.95. The van der Waals surface area contributed by atoms with E-state index in [1.165, 1.54) is 19.3 Å². The Bertz CT molecular complexity index is 781. The molecule has 0 unspecified atom stereocenters. The summed E-state index contributed by atoms with van der Waals surface area (Å²) >= 11 is 0. The van der Waals surface area contributed by atoms with Crippen molar-refractivity contribution in [3.05, 3.63) is 29.8 Å². The molecule has 1 aromatic carbocycles. The standard InChI is InChI=1S/C26H41N5O2/c1-2-3-4-11-27-26(33)22-7-5-10-24(20-22)30-14-12-28(13-15-30)21-25(32)31-18-16-29(17-19-31)23-8-6-9-23/h5,7,10,20,23H,2-4,6,8-9,11-19,21H2,1H3,(H,27,33). The molecule has 2 aliphatic heterocycles. The SMILES string of the molecule is CCCCCNC(=O)c1cccc(N2CCN(CC(=O)N3CCN(C4CCC4)CC3)CC2)c1. The molecule has 182 valence electrons. The molecule has 1 N–H and O–H groups in total. The van der Waals surface area contributed by atoms with Crippen LogP contribution in [0.1, 0.15) is 55.8 Å². The van der Waals surface area contributed by atoms with Gasteiger partial charge in [0, 0.05) is 76.2 Å². The first-order valence-electron chi connectivity index (χ1n) is 13.0. The molecule has 3 aliphatic rings. The Hall–Kier alpha value is -2.12. The second-order valence-corrected chi connectivity index (χ2v) is 9.78. The Morgan fingerprint density at radius 3 is 2.39 bits per heavy atom. The molecular weight excluding hydrogens is 414 g/mol. The van der Waals surface area contributed by atoms with Crippen LogP contribution in [0.2, 0.25) is 0 Å². The molecular formula is C26H41N5O2. The number of rotatable bonds is 9. The monoisotopic (exact) mass is 455 g/mol. The maximum Gasteiger partial charge on any atom is 0.251 e. The first-order valence-corrected chi connectivity index (χ1v) is 13.0. The number of amides is 2. The van der Waals surface area contributed by atoms with Crippen molar-refractivity contribution in [2.45, 2.75) is 51.5 Å². The number of unbranched alkanes of at least 4 members (excludes halogenated alkanes) is 2. The van der Waals surface area contributed by atoms with E-state index in [4.69, 9.17) is 0 Å². The van der Waals surface area contributed by atoms with Crippen LogP contribution >= 0.6 is 0 Å². The Morgan fingerprint density at radius 1 is 0.970 bits per heavy atom. The summed E-state index contributed by atoms with van der Waals surface area (Å²) in [4.78, 5) is 34.5. The van der Waals surface area contributed by atoms with Crippen LogP contribution in [0.15, 0.2) is 24.3 Å². The van der Waals surface area contributed by atoms with E-state index in [0.29, 0.717) is 6.54 Å². The van der Waals surface area contributed by atoms with Crippen molar-refractivity contribution >= 4 is 17.5 Å². The Morgan fingerprint density at radius 2 is 1.73 bits per heavy atom. The van der Waals surface area contributed by atoms with Gasteiger partial charge in [0.2, 0.25) is 5.91 Å². The minimum atomic E-state index is 0.00888. The average molecular weight is 456 g/mol. The Kier molecular flexibility index (Phi) is 8.62. The van der Waals surface area contributed by atoms with Crippen molar-refractivity contribution in [3.63, 3.8) is 0 Å². The molecule has 2 amide bonds. The van der Waals surface area contributed by atoms with Crippen LogP contribution in [-0.2, 0) is 4.79 Å². The van der Waals surface area contributed by atoms with Crippen molar-refractivity contribution in [2.75, 3.05) is 70.3 Å². The van der Waals surface area contributed by atoms with E-state index < -0.39 is 0 Å². The van der Waals surface area contributed by atoms with Gasteiger partial charge in [-0.1, -0.05) is 32.3 Å². The molecule has 0 radical (unpaired) electrons. The number of carbonyl (C=O) groups excluding carboxylic acids is 2. The van der Waals surface area contributed by atoms with Crippen LogP contribution in [0.4, 0.5) is 5.69 Å². The van der Waals surface area contributed by atoms with Crippen LogP contribution in [0.3, 0.4) is 0 Å². The highest BCUT2D eigenvalue weighted by atomic mass is 16.2. The summed E-state index contributed by atoms with van der Waals surface area (Å²) in [6, 6.07) is 8.71. The number of piperazine rings is 2. The summed E-state index contributed by atoms with van der Waals surface area (Å²) in [5.41, 5.74) is 1.82. The highest BCUT2D eigenvalue weighted by Crippen LogP contribution is 2.25. The third-order valence-electron chi connectivity index (χ3n) is 7.53. The molecule has 33 heavy (non-hydrogen) atoms. The topological polar surface area (TPSA) is 59.1 Å². The zero-order valence-electron chi connectivity index (χ0n) is 20.3. The number of benzene rings is 1. The normalized spacial score (nSPS) is 20.5. The van der Waals surface area contributed by atoms with Crippen LogP contribution in [0.25, 0.3) is 0 Å². The second-order valence-electron chi connectivity index (χ2n) is 9.78. The first-order chi connectivity index (χ1) is 16.1. The molecule has 3 fully saturated rings. The smallest absolute Gasteiger partial charge is 0.251 e. The zero-order valence-corrected chi connectivity index (χ0v) is 20.3. The second kappa shape index (κ2) is 11.8. The quantitative estimate of drug-likeness (QED) is 0.580. The molecule has 4 rings (SSSR count). The van der Waals surface area contributed by atoms with E-state index in [2.05, 4.69) is 37.9 Å². The largest absolute Gasteiger partial charge is 0.369 e. The molecule has 2 heterocycles. The molecule has 7 heteroatoms. The zero-order chi connectivity index (χ0) is 23.0. The lowest BCUT2D eigenvalue weighted by Gasteiger charge is -2.43. The van der Waals surface area contributed by atoms with Gasteiger partial charge in [0.25, 0.3) is 5.91 Å². The molecule has 0 spiro atoms. The summed E-state index contributed by atoms with van der Waals surface area (Å²) in [7, 11) is 0. The number of carbonyl (C=O) groups is 2. The number of anilines is 1. The van der Waals surface area contributed by atoms with Gasteiger partial charge in [-0.3, -0.25) is 19.4 Å². The summed E-state index contributed by atoms with van der Waals surface area (Å²) in [6.07, 6.45) is 7.37. The molecule has 0 atom stereocenters. The fourth-order valence-corrected chi connectivity index (χ4v) is 5.07. The van der Waals surface area contributed by atoms with Gasteiger partial charge in [-0.25, -0.2) is 0 Å². The lowest BCUT2D eigenvalue weighted by Crippen LogP contribution is -2.56. The minimum Gasteiger partial charge on any atom is -0.369 e. The molecule has 0 aromatic heterocycles. The predicted octanol–water partition coefficient (Wildman–Crippen LogP) is 2.43. The van der Waals surface area contributed by atoms with Gasteiger partial charge in [-0.15, -0.1) is 0 Å². The first kappa shape index (κ1) is 24.0. The van der Waals surface area contributed by atoms with Gasteiger partial charge in [-0.2, -0.15) is 0 Å². The fourth-order valence-electron chi connectivity index (χ4n) is 5.07. The van der Waals surface area contributed by atoms with Gasteiger partial charge in [-0.05, 0) is 37.5 Å². The lowest BCUT2D eigenvalue weighted by molar-refractivity contribution is -0.134. The number of nitrogens with zero attached hydrogens (tertiary/aromatic N) is 4. The van der Waals surface area contributed by atoms with E-state index in [1.807, 2.05) is 18.2 Å². The Labute approximate surface area is 199 Å². The maximum absolute atomic E-state index is 12.8. The van der Waals surface area contributed by atoms with Gasteiger partial charge in [0.05, 0.1) is 6.54 Å². The summed E-state index contributed by atoms with van der Waals surface area (Å²) < 4.78 is 0. The van der Waals surface area contributed by atoms with Crippen LogP contribution in [0, 0.1) is 0 Å². The molecule has 2 saturated heterocycles. The van der Waals surface area contributed by atoms with Crippen molar-refractivity contribution in [3.8, 4) is 0 Å². The Balaban J connectivity index is 1.19. The predicted molar refractivity (Wildman–Crippen MR) is 133 cm³/mol. The fraction of sp³-hybridized carbons (Fsp3) is 0.692.